The Labute approximate surface area is 225 Å². The van der Waals surface area contributed by atoms with Crippen molar-refractivity contribution in [1.82, 2.24) is 14.8 Å². The third-order valence-electron chi connectivity index (χ3n) is 5.14. The van der Waals surface area contributed by atoms with E-state index >= 15 is 0 Å². The summed E-state index contributed by atoms with van der Waals surface area (Å²) < 4.78 is 13.7. The molecule has 0 bridgehead atoms. The molecule has 1 amide bonds. The van der Waals surface area contributed by atoms with Gasteiger partial charge in [-0.2, -0.15) is 0 Å². The van der Waals surface area contributed by atoms with E-state index < -0.39 is 5.97 Å². The molecule has 0 spiro atoms. The molecule has 4 rings (SSSR count). The van der Waals surface area contributed by atoms with Gasteiger partial charge in [-0.05, 0) is 36.8 Å². The zero-order valence-corrected chi connectivity index (χ0v) is 22.8. The summed E-state index contributed by atoms with van der Waals surface area (Å²) in [6.07, 6.45) is 0. The van der Waals surface area contributed by atoms with Gasteiger partial charge in [-0.3, -0.25) is 4.79 Å². The maximum atomic E-state index is 12.8. The molecule has 2 aromatic carbocycles. The maximum Gasteiger partial charge on any atom is 0.341 e. The Bertz CT molecular complexity index is 1340. The molecule has 0 saturated heterocycles. The molecule has 11 heteroatoms. The number of nitrogens with zero attached hydrogens (tertiary/aromatic N) is 3. The quantitative estimate of drug-likeness (QED) is 0.183. The van der Waals surface area contributed by atoms with E-state index in [4.69, 9.17) is 9.47 Å². The molecule has 36 heavy (non-hydrogen) atoms. The molecule has 0 unspecified atom stereocenters. The SMILES string of the molecule is CCn1c(COc2ccc(Br)cc2)nnc1SCC(=O)Nc1scc(-c2ccccc2)c1C(=O)OC. The molecule has 186 valence electrons. The van der Waals surface area contributed by atoms with Gasteiger partial charge >= 0.3 is 5.97 Å². The number of ether oxygens (including phenoxy) is 2. The van der Waals surface area contributed by atoms with Crippen molar-refractivity contribution in [2.45, 2.75) is 25.2 Å². The van der Waals surface area contributed by atoms with Gasteiger partial charge in [0.15, 0.2) is 11.0 Å². The molecular weight excluding hydrogens is 564 g/mol. The fourth-order valence-corrected chi connectivity index (χ4v) is 5.47. The topological polar surface area (TPSA) is 95.3 Å². The lowest BCUT2D eigenvalue weighted by Gasteiger charge is -2.09. The smallest absolute Gasteiger partial charge is 0.341 e. The first-order chi connectivity index (χ1) is 17.5. The van der Waals surface area contributed by atoms with Crippen LogP contribution in [0.25, 0.3) is 11.1 Å². The fraction of sp³-hybridized carbons (Fsp3) is 0.200. The van der Waals surface area contributed by atoms with Crippen LogP contribution in [0.1, 0.15) is 23.1 Å². The highest BCUT2D eigenvalue weighted by Crippen LogP contribution is 2.36. The number of aromatic nitrogens is 3. The second-order valence-corrected chi connectivity index (χ2v) is 10.2. The van der Waals surface area contributed by atoms with Gasteiger partial charge in [0.2, 0.25) is 5.91 Å². The van der Waals surface area contributed by atoms with Crippen molar-refractivity contribution < 1.29 is 19.1 Å². The lowest BCUT2D eigenvalue weighted by Crippen LogP contribution is -2.16. The Morgan fingerprint density at radius 2 is 1.86 bits per heavy atom. The van der Waals surface area contributed by atoms with Crippen molar-refractivity contribution in [3.63, 3.8) is 0 Å². The van der Waals surface area contributed by atoms with Crippen LogP contribution in [0.3, 0.4) is 0 Å². The Hall–Kier alpha value is -3.15. The molecule has 0 saturated carbocycles. The molecular formula is C25H23BrN4O4S2. The van der Waals surface area contributed by atoms with E-state index in [0.717, 1.165) is 21.3 Å². The number of methoxy groups -OCH3 is 1. The van der Waals surface area contributed by atoms with Gasteiger partial charge in [0.1, 0.15) is 22.9 Å². The molecule has 1 N–H and O–H groups in total. The van der Waals surface area contributed by atoms with Crippen molar-refractivity contribution in [2.24, 2.45) is 0 Å². The Balaban J connectivity index is 1.41. The zero-order valence-electron chi connectivity index (χ0n) is 19.6. The number of carbonyl (C=O) groups is 2. The lowest BCUT2D eigenvalue weighted by atomic mass is 10.0. The van der Waals surface area contributed by atoms with E-state index in [0.29, 0.717) is 28.1 Å². The summed E-state index contributed by atoms with van der Waals surface area (Å²) in [4.78, 5) is 25.3. The highest BCUT2D eigenvalue weighted by molar-refractivity contribution is 9.10. The molecule has 0 radical (unpaired) electrons. The number of carbonyl (C=O) groups excluding carboxylic acids is 2. The molecule has 0 aliphatic heterocycles. The number of hydrogen-bond donors (Lipinski definition) is 1. The Morgan fingerprint density at radius 3 is 2.56 bits per heavy atom. The van der Waals surface area contributed by atoms with Crippen LogP contribution in [0.4, 0.5) is 5.00 Å². The van der Waals surface area contributed by atoms with Crippen molar-refractivity contribution in [1.29, 1.82) is 0 Å². The van der Waals surface area contributed by atoms with Crippen LogP contribution in [-0.4, -0.2) is 39.5 Å². The van der Waals surface area contributed by atoms with Gasteiger partial charge in [-0.25, -0.2) is 4.79 Å². The summed E-state index contributed by atoms with van der Waals surface area (Å²) in [5.41, 5.74) is 1.94. The van der Waals surface area contributed by atoms with Crippen LogP contribution >= 0.6 is 39.0 Å². The minimum atomic E-state index is -0.501. The maximum absolute atomic E-state index is 12.8. The van der Waals surface area contributed by atoms with Crippen LogP contribution < -0.4 is 10.1 Å². The average molecular weight is 588 g/mol. The zero-order chi connectivity index (χ0) is 25.5. The minimum Gasteiger partial charge on any atom is -0.486 e. The molecule has 0 atom stereocenters. The van der Waals surface area contributed by atoms with Gasteiger partial charge in [0, 0.05) is 22.0 Å². The van der Waals surface area contributed by atoms with Crippen molar-refractivity contribution >= 4 is 55.9 Å². The first-order valence-corrected chi connectivity index (χ1v) is 13.6. The number of nitrogens with one attached hydrogen (secondary N) is 1. The summed E-state index contributed by atoms with van der Waals surface area (Å²) in [6.45, 7) is 2.87. The number of anilines is 1. The van der Waals surface area contributed by atoms with Gasteiger partial charge in [0.05, 0.1) is 12.9 Å². The highest BCUT2D eigenvalue weighted by atomic mass is 79.9. The second-order valence-electron chi connectivity index (χ2n) is 7.43. The standard InChI is InChI=1S/C25H23BrN4O4S2/c1-3-30-20(13-34-18-11-9-17(26)10-12-18)28-29-25(30)36-15-21(31)27-23-22(24(32)33-2)19(14-35-23)16-7-5-4-6-8-16/h4-12,14H,3,13,15H2,1-2H3,(H,27,31). The largest absolute Gasteiger partial charge is 0.486 e. The monoisotopic (exact) mass is 586 g/mol. The van der Waals surface area contributed by atoms with E-state index in [9.17, 15) is 9.59 Å². The summed E-state index contributed by atoms with van der Waals surface area (Å²) in [7, 11) is 1.33. The molecule has 4 aromatic rings. The van der Waals surface area contributed by atoms with E-state index in [1.807, 2.05) is 71.5 Å². The van der Waals surface area contributed by atoms with Crippen LogP contribution in [0.2, 0.25) is 0 Å². The fourth-order valence-electron chi connectivity index (χ4n) is 3.41. The molecule has 2 aromatic heterocycles. The third kappa shape index (κ3) is 6.15. The van der Waals surface area contributed by atoms with Crippen LogP contribution in [0.5, 0.6) is 5.75 Å². The van der Waals surface area contributed by atoms with Gasteiger partial charge in [0.25, 0.3) is 0 Å². The highest BCUT2D eigenvalue weighted by Gasteiger charge is 2.22. The van der Waals surface area contributed by atoms with Gasteiger partial charge < -0.3 is 19.4 Å². The average Bonchev–Trinajstić information content (AvgIpc) is 3.50. The number of hydrogen-bond acceptors (Lipinski definition) is 8. The van der Waals surface area contributed by atoms with E-state index in [2.05, 4.69) is 31.4 Å². The van der Waals surface area contributed by atoms with Crippen molar-refractivity contribution in [3.05, 3.63) is 75.8 Å². The summed E-state index contributed by atoms with van der Waals surface area (Å²) in [5, 5.41) is 14.2. The van der Waals surface area contributed by atoms with Gasteiger partial charge in [-0.15, -0.1) is 21.5 Å². The molecule has 2 heterocycles. The molecule has 8 nitrogen and oxygen atoms in total. The number of rotatable bonds is 10. The van der Waals surface area contributed by atoms with Crippen LogP contribution in [0, 0.1) is 0 Å². The summed E-state index contributed by atoms with van der Waals surface area (Å²) in [5.74, 6) is 0.737. The van der Waals surface area contributed by atoms with E-state index in [-0.39, 0.29) is 18.3 Å². The molecule has 0 aliphatic rings. The number of benzene rings is 2. The van der Waals surface area contributed by atoms with E-state index in [1.165, 1.54) is 30.2 Å². The molecule has 0 aliphatic carbocycles. The number of esters is 1. The van der Waals surface area contributed by atoms with Gasteiger partial charge in [-0.1, -0.05) is 58.0 Å². The Morgan fingerprint density at radius 1 is 1.11 bits per heavy atom. The van der Waals surface area contributed by atoms with Crippen molar-refractivity contribution in [2.75, 3.05) is 18.2 Å². The summed E-state index contributed by atoms with van der Waals surface area (Å²) >= 11 is 5.96. The first kappa shape index (κ1) is 25.9. The third-order valence-corrected chi connectivity index (χ3v) is 7.53. The van der Waals surface area contributed by atoms with Crippen LogP contribution in [0.15, 0.2) is 69.6 Å². The van der Waals surface area contributed by atoms with Crippen LogP contribution in [-0.2, 0) is 22.7 Å². The van der Waals surface area contributed by atoms with Crippen molar-refractivity contribution in [3.8, 4) is 16.9 Å². The predicted molar refractivity (Wildman–Crippen MR) is 145 cm³/mol. The predicted octanol–water partition coefficient (Wildman–Crippen LogP) is 5.89. The Kier molecular flexibility index (Phi) is 8.79. The molecule has 0 fully saturated rings. The van der Waals surface area contributed by atoms with E-state index in [1.54, 1.807) is 0 Å². The number of thioether (sulfide) groups is 1. The second kappa shape index (κ2) is 12.2. The summed E-state index contributed by atoms with van der Waals surface area (Å²) in [6, 6.07) is 17.1. The number of halogens is 1. The normalized spacial score (nSPS) is 10.8. The first-order valence-electron chi connectivity index (χ1n) is 11.0. The minimum absolute atomic E-state index is 0.102. The number of amides is 1. The lowest BCUT2D eigenvalue weighted by molar-refractivity contribution is -0.113. The number of thiophene rings is 1.